The summed E-state index contributed by atoms with van der Waals surface area (Å²) < 4.78 is 39.2. The molecule has 6 rings (SSSR count). The number of aliphatic hydroxyl groups is 2. The Balaban J connectivity index is 1.57. The van der Waals surface area contributed by atoms with Crippen molar-refractivity contribution in [1.82, 2.24) is 10.6 Å². The molecule has 4 aromatic rings. The summed E-state index contributed by atoms with van der Waals surface area (Å²) >= 11 is 0. The van der Waals surface area contributed by atoms with E-state index in [0.717, 1.165) is 18.1 Å². The lowest BCUT2D eigenvalue weighted by molar-refractivity contribution is 0.414. The highest BCUT2D eigenvalue weighted by Crippen LogP contribution is 2.52. The van der Waals surface area contributed by atoms with Gasteiger partial charge < -0.3 is 35.6 Å². The highest BCUT2D eigenvalue weighted by Gasteiger charge is 2.40. The zero-order chi connectivity index (χ0) is 30.8. The van der Waals surface area contributed by atoms with Gasteiger partial charge in [-0.1, -0.05) is 36.4 Å². The largest absolute Gasteiger partial charge is 0.514 e. The summed E-state index contributed by atoms with van der Waals surface area (Å²) in [4.78, 5) is 4.92. The Hall–Kier alpha value is -5.51. The number of aliphatic hydroxyl groups excluding tert-OH is 2. The molecule has 2 heterocycles. The predicted octanol–water partition coefficient (Wildman–Crippen LogP) is 7.04. The molecule has 0 aliphatic carbocycles. The third kappa shape index (κ3) is 5.15. The fourth-order valence-corrected chi connectivity index (χ4v) is 5.85. The van der Waals surface area contributed by atoms with Crippen LogP contribution in [0.5, 0.6) is 11.5 Å². The average molecular weight is 597 g/mol. The monoisotopic (exact) mass is 596 g/mol. The van der Waals surface area contributed by atoms with E-state index in [1.165, 1.54) is 24.3 Å². The molecular formula is C34H30F2N4O4. The summed E-state index contributed by atoms with van der Waals surface area (Å²) in [5, 5.41) is 31.7. The molecule has 0 fully saturated rings. The van der Waals surface area contributed by atoms with Gasteiger partial charge in [0.15, 0.2) is 0 Å². The van der Waals surface area contributed by atoms with E-state index in [4.69, 9.17) is 14.5 Å². The first kappa shape index (κ1) is 28.6. The summed E-state index contributed by atoms with van der Waals surface area (Å²) in [5.74, 6) is -0.695. The second-order valence-corrected chi connectivity index (χ2v) is 10.3. The van der Waals surface area contributed by atoms with E-state index in [1.54, 1.807) is 44.6 Å². The number of halogens is 2. The average Bonchev–Trinajstić information content (AvgIpc) is 3.32. The van der Waals surface area contributed by atoms with E-state index in [0.29, 0.717) is 56.8 Å². The van der Waals surface area contributed by atoms with Crippen molar-refractivity contribution in [3.05, 3.63) is 143 Å². The number of nitrogens with one attached hydrogen (secondary N) is 3. The Morgan fingerprint density at radius 2 is 1.30 bits per heavy atom. The molecular weight excluding hydrogens is 566 g/mol. The number of fused-ring (bicyclic) bond motifs is 2. The van der Waals surface area contributed by atoms with Crippen LogP contribution in [0.3, 0.4) is 0 Å². The minimum atomic E-state index is -0.669. The van der Waals surface area contributed by atoms with E-state index < -0.39 is 23.8 Å². The molecule has 0 saturated heterocycles. The van der Waals surface area contributed by atoms with Gasteiger partial charge in [0.05, 0.1) is 43.8 Å². The number of anilines is 1. The van der Waals surface area contributed by atoms with Crippen LogP contribution in [-0.2, 0) is 0 Å². The normalized spacial score (nSPS) is 21.0. The molecule has 0 saturated carbocycles. The number of hydrogen-bond donors (Lipinski definition) is 5. The molecule has 8 nitrogen and oxygen atoms in total. The van der Waals surface area contributed by atoms with Gasteiger partial charge in [0.25, 0.3) is 0 Å². The third-order valence-electron chi connectivity index (χ3n) is 7.89. The molecule has 4 aromatic carbocycles. The van der Waals surface area contributed by atoms with Gasteiger partial charge in [-0.3, -0.25) is 0 Å². The molecule has 0 spiro atoms. The molecule has 224 valence electrons. The second kappa shape index (κ2) is 12.0. The molecule has 5 N–H and O–H groups in total. The van der Waals surface area contributed by atoms with Crippen LogP contribution < -0.4 is 25.4 Å². The van der Waals surface area contributed by atoms with Gasteiger partial charge in [-0.05, 0) is 65.2 Å². The van der Waals surface area contributed by atoms with Gasteiger partial charge in [0.2, 0.25) is 0 Å². The fraction of sp³-hybridized carbons (Fsp3) is 0.147. The van der Waals surface area contributed by atoms with Crippen LogP contribution in [-0.4, -0.2) is 30.3 Å². The van der Waals surface area contributed by atoms with Crippen molar-refractivity contribution in [3.8, 4) is 11.5 Å². The van der Waals surface area contributed by atoms with E-state index in [2.05, 4.69) is 16.0 Å². The number of hydrogen-bond acceptors (Lipinski definition) is 8. The Morgan fingerprint density at radius 1 is 0.705 bits per heavy atom. The van der Waals surface area contributed by atoms with E-state index >= 15 is 0 Å². The third-order valence-corrected chi connectivity index (χ3v) is 7.89. The maximum atomic E-state index is 13.8. The summed E-state index contributed by atoms with van der Waals surface area (Å²) in [6, 6.07) is 23.0. The lowest BCUT2D eigenvalue weighted by atomic mass is 9.76. The first-order chi connectivity index (χ1) is 21.4. The van der Waals surface area contributed by atoms with Crippen molar-refractivity contribution < 1.29 is 28.5 Å². The van der Waals surface area contributed by atoms with Crippen molar-refractivity contribution in [3.63, 3.8) is 0 Å². The van der Waals surface area contributed by atoms with Gasteiger partial charge in [0.1, 0.15) is 40.8 Å². The van der Waals surface area contributed by atoms with Gasteiger partial charge in [-0.25, -0.2) is 13.8 Å². The molecule has 0 bridgehead atoms. The minimum Gasteiger partial charge on any atom is -0.514 e. The molecule has 3 atom stereocenters. The zero-order valence-electron chi connectivity index (χ0n) is 23.9. The molecule has 44 heavy (non-hydrogen) atoms. The summed E-state index contributed by atoms with van der Waals surface area (Å²) in [7, 11) is 3.11. The summed E-state index contributed by atoms with van der Waals surface area (Å²) in [6.45, 7) is 0. The number of ether oxygens (including phenoxy) is 2. The van der Waals surface area contributed by atoms with Crippen molar-refractivity contribution in [2.75, 3.05) is 19.5 Å². The Morgan fingerprint density at radius 3 is 1.93 bits per heavy atom. The second-order valence-electron chi connectivity index (χ2n) is 10.3. The van der Waals surface area contributed by atoms with Crippen LogP contribution in [0.2, 0.25) is 0 Å². The first-order valence-electron chi connectivity index (χ1n) is 13.9. The van der Waals surface area contributed by atoms with Crippen LogP contribution in [0.1, 0.15) is 40.3 Å². The van der Waals surface area contributed by atoms with E-state index in [1.807, 2.05) is 30.3 Å². The van der Waals surface area contributed by atoms with Crippen molar-refractivity contribution in [1.29, 1.82) is 0 Å². The lowest BCUT2D eigenvalue weighted by Gasteiger charge is -2.31. The number of aliphatic imine (C=N–C) groups is 1. The maximum Gasteiger partial charge on any atom is 0.144 e. The molecule has 0 amide bonds. The number of allylic oxidation sites excluding steroid dienone is 2. The molecule has 0 aromatic heterocycles. The molecule has 0 radical (unpaired) electrons. The van der Waals surface area contributed by atoms with Crippen LogP contribution in [0, 0.1) is 11.6 Å². The van der Waals surface area contributed by atoms with Gasteiger partial charge >= 0.3 is 0 Å². The van der Waals surface area contributed by atoms with Gasteiger partial charge in [-0.2, -0.15) is 0 Å². The van der Waals surface area contributed by atoms with Crippen molar-refractivity contribution >= 4 is 17.2 Å². The highest BCUT2D eigenvalue weighted by atomic mass is 19.1. The fourth-order valence-electron chi connectivity index (χ4n) is 5.85. The molecule has 3 unspecified atom stereocenters. The number of benzene rings is 4. The van der Waals surface area contributed by atoms with Crippen LogP contribution in [0.4, 0.5) is 20.2 Å². The topological polar surface area (TPSA) is 107 Å². The van der Waals surface area contributed by atoms with Crippen LogP contribution in [0.15, 0.2) is 114 Å². The lowest BCUT2D eigenvalue weighted by Crippen LogP contribution is -2.32. The van der Waals surface area contributed by atoms with E-state index in [9.17, 15) is 19.0 Å². The van der Waals surface area contributed by atoms with Gasteiger partial charge in [0, 0.05) is 17.4 Å². The van der Waals surface area contributed by atoms with Crippen molar-refractivity contribution in [2.45, 2.75) is 18.0 Å². The standard InChI is InChI=1S/C34H30F2N4O4/c1-43-27-7-3-5-23-29(25(17-41)37-33(39-31(23)27)19-9-13-21(35)14-10-19)30-24-6-4-8-28(44-2)32(24)40-34(38-26(30)18-42)20-11-15-22(36)16-12-20/h3-18,29-30,33,37,39,41-42H,1-2H3,(H,38,40)/b25-17+,26-18+. The summed E-state index contributed by atoms with van der Waals surface area (Å²) in [5.41, 5.74) is 4.64. The molecule has 10 heteroatoms. The number of para-hydroxylation sites is 2. The Labute approximate surface area is 253 Å². The first-order valence-corrected chi connectivity index (χ1v) is 13.9. The quantitative estimate of drug-likeness (QED) is 0.157. The molecule has 2 aliphatic heterocycles. The van der Waals surface area contributed by atoms with E-state index in [-0.39, 0.29) is 5.82 Å². The number of rotatable bonds is 5. The Kier molecular flexibility index (Phi) is 7.80. The molecule has 2 aliphatic rings. The SMILES string of the molecule is COc1cccc2c1N=C(c1ccc(F)cc1)N/C(=C/O)C2C1/C(=C\O)NC(c2ccc(F)cc2)Nc2c(OC)cccc21. The summed E-state index contributed by atoms with van der Waals surface area (Å²) in [6.07, 6.45) is 1.38. The number of methoxy groups -OCH3 is 2. The maximum absolute atomic E-state index is 13.8. The van der Waals surface area contributed by atoms with Crippen molar-refractivity contribution in [2.24, 2.45) is 4.99 Å². The van der Waals surface area contributed by atoms with Crippen LogP contribution in [0.25, 0.3) is 0 Å². The highest BCUT2D eigenvalue weighted by molar-refractivity contribution is 6.02. The predicted molar refractivity (Wildman–Crippen MR) is 165 cm³/mol. The zero-order valence-corrected chi connectivity index (χ0v) is 23.9. The number of amidine groups is 1. The number of nitrogens with zero attached hydrogens (tertiary/aromatic N) is 1. The van der Waals surface area contributed by atoms with Gasteiger partial charge in [-0.15, -0.1) is 0 Å². The van der Waals surface area contributed by atoms with Crippen LogP contribution >= 0.6 is 0 Å². The smallest absolute Gasteiger partial charge is 0.144 e. The minimum absolute atomic E-state index is 0.361. The Bertz CT molecular complexity index is 1770.